The summed E-state index contributed by atoms with van der Waals surface area (Å²) in [5.74, 6) is 0.187. The van der Waals surface area contributed by atoms with E-state index in [9.17, 15) is 4.79 Å². The maximum absolute atomic E-state index is 11.8. The summed E-state index contributed by atoms with van der Waals surface area (Å²) in [5, 5.41) is 3.16. The summed E-state index contributed by atoms with van der Waals surface area (Å²) in [5.41, 5.74) is 4.82. The van der Waals surface area contributed by atoms with E-state index in [4.69, 9.17) is 0 Å². The van der Waals surface area contributed by atoms with Gasteiger partial charge in [0.25, 0.3) is 0 Å². The Morgan fingerprint density at radius 3 is 2.78 bits per heavy atom. The van der Waals surface area contributed by atoms with E-state index in [-0.39, 0.29) is 5.78 Å². The molecular weight excluding hydrogens is 222 g/mol. The minimum atomic E-state index is -0.460. The Labute approximate surface area is 109 Å². The molecule has 1 aromatic rings. The fourth-order valence-electron chi connectivity index (χ4n) is 2.48. The van der Waals surface area contributed by atoms with E-state index in [1.54, 1.807) is 6.92 Å². The molecule has 18 heavy (non-hydrogen) atoms. The summed E-state index contributed by atoms with van der Waals surface area (Å²) in [6.45, 7) is 5.75. The number of likely N-dealkylation sites (N-methyl/N-ethyl adjacent to an activating group) is 1. The maximum atomic E-state index is 11.8. The van der Waals surface area contributed by atoms with Crippen LogP contribution in [0.3, 0.4) is 0 Å². The number of aryl methyl sites for hydroxylation is 1. The molecule has 0 saturated carbocycles. The maximum Gasteiger partial charge on any atom is 0.149 e. The number of hydrogen-bond donors (Lipinski definition) is 1. The molecule has 0 fully saturated rings. The minimum Gasteiger partial charge on any atom is -0.308 e. The van der Waals surface area contributed by atoms with Gasteiger partial charge in [-0.15, -0.1) is 0 Å². The average molecular weight is 243 g/mol. The SMILES string of the molecule is CN[C@@](C)(CC1=CCc2cc(C)ccc21)C(C)=O. The highest BCUT2D eigenvalue weighted by Gasteiger charge is 2.30. The van der Waals surface area contributed by atoms with Crippen LogP contribution in [-0.2, 0) is 11.2 Å². The molecule has 1 aliphatic carbocycles. The fraction of sp³-hybridized carbons (Fsp3) is 0.438. The van der Waals surface area contributed by atoms with Crippen molar-refractivity contribution in [3.05, 3.63) is 41.0 Å². The molecule has 0 bridgehead atoms. The van der Waals surface area contributed by atoms with Crippen molar-refractivity contribution in [2.45, 2.75) is 39.2 Å². The normalized spacial score (nSPS) is 17.0. The largest absolute Gasteiger partial charge is 0.308 e. The number of carbonyl (C=O) groups is 1. The van der Waals surface area contributed by atoms with E-state index >= 15 is 0 Å². The van der Waals surface area contributed by atoms with Crippen LogP contribution in [0.1, 0.15) is 37.0 Å². The Balaban J connectivity index is 2.27. The topological polar surface area (TPSA) is 29.1 Å². The Morgan fingerprint density at radius 1 is 1.44 bits per heavy atom. The van der Waals surface area contributed by atoms with Crippen LogP contribution in [0.25, 0.3) is 5.57 Å². The average Bonchev–Trinajstić information content (AvgIpc) is 2.71. The van der Waals surface area contributed by atoms with E-state index in [1.807, 2.05) is 14.0 Å². The molecule has 1 aromatic carbocycles. The van der Waals surface area contributed by atoms with Gasteiger partial charge in [0.2, 0.25) is 0 Å². The number of ketones is 1. The number of benzene rings is 1. The third-order valence-corrected chi connectivity index (χ3v) is 4.05. The first-order chi connectivity index (χ1) is 8.46. The second-order valence-corrected chi connectivity index (χ2v) is 5.41. The lowest BCUT2D eigenvalue weighted by Crippen LogP contribution is -2.46. The molecule has 0 heterocycles. The van der Waals surface area contributed by atoms with Crippen LogP contribution in [0.5, 0.6) is 0 Å². The van der Waals surface area contributed by atoms with Gasteiger partial charge in [0.1, 0.15) is 5.78 Å². The zero-order chi connectivity index (χ0) is 13.3. The van der Waals surface area contributed by atoms with Gasteiger partial charge in [0, 0.05) is 0 Å². The van der Waals surface area contributed by atoms with Gasteiger partial charge in [-0.25, -0.2) is 0 Å². The zero-order valence-corrected chi connectivity index (χ0v) is 11.6. The van der Waals surface area contributed by atoms with Gasteiger partial charge in [0.15, 0.2) is 0 Å². The number of Topliss-reactive ketones (excluding diaryl/α,β-unsaturated/α-hetero) is 1. The van der Waals surface area contributed by atoms with E-state index in [0.717, 1.165) is 12.8 Å². The van der Waals surface area contributed by atoms with Gasteiger partial charge < -0.3 is 5.32 Å². The molecule has 0 unspecified atom stereocenters. The molecule has 0 amide bonds. The number of carbonyl (C=O) groups excluding carboxylic acids is 1. The highest BCUT2D eigenvalue weighted by molar-refractivity contribution is 5.89. The van der Waals surface area contributed by atoms with Crippen molar-refractivity contribution in [2.75, 3.05) is 7.05 Å². The van der Waals surface area contributed by atoms with Gasteiger partial charge in [-0.2, -0.15) is 0 Å². The van der Waals surface area contributed by atoms with Crippen LogP contribution in [0.2, 0.25) is 0 Å². The zero-order valence-electron chi connectivity index (χ0n) is 11.6. The van der Waals surface area contributed by atoms with E-state index < -0.39 is 5.54 Å². The van der Waals surface area contributed by atoms with Crippen LogP contribution in [0.15, 0.2) is 24.3 Å². The predicted molar refractivity (Wildman–Crippen MR) is 75.6 cm³/mol. The van der Waals surface area contributed by atoms with Crippen LogP contribution in [0.4, 0.5) is 0 Å². The summed E-state index contributed by atoms with van der Waals surface area (Å²) in [6.07, 6.45) is 4.00. The number of allylic oxidation sites excluding steroid dienone is 1. The Hall–Kier alpha value is -1.41. The van der Waals surface area contributed by atoms with Crippen molar-refractivity contribution in [3.63, 3.8) is 0 Å². The standard InChI is InChI=1S/C16H21NO/c1-11-5-8-15-13(9-11)6-7-14(15)10-16(3,17-4)12(2)18/h5,7-9,17H,6,10H2,1-4H3/t16-/m0/s1. The van der Waals surface area contributed by atoms with Crippen LogP contribution in [-0.4, -0.2) is 18.4 Å². The molecule has 0 radical (unpaired) electrons. The molecule has 2 heteroatoms. The third-order valence-electron chi connectivity index (χ3n) is 4.05. The van der Waals surface area contributed by atoms with Crippen molar-refractivity contribution in [2.24, 2.45) is 0 Å². The summed E-state index contributed by atoms with van der Waals surface area (Å²) in [6, 6.07) is 6.56. The summed E-state index contributed by atoms with van der Waals surface area (Å²) < 4.78 is 0. The quantitative estimate of drug-likeness (QED) is 0.881. The van der Waals surface area contributed by atoms with Crippen molar-refractivity contribution in [1.29, 1.82) is 0 Å². The fourth-order valence-corrected chi connectivity index (χ4v) is 2.48. The van der Waals surface area contributed by atoms with Gasteiger partial charge in [0.05, 0.1) is 5.54 Å². The second-order valence-electron chi connectivity index (χ2n) is 5.41. The Bertz CT molecular complexity index is 516. The highest BCUT2D eigenvalue weighted by Crippen LogP contribution is 2.34. The Kier molecular flexibility index (Phi) is 3.40. The minimum absolute atomic E-state index is 0.187. The van der Waals surface area contributed by atoms with Gasteiger partial charge in [-0.05, 0) is 57.4 Å². The monoisotopic (exact) mass is 243 g/mol. The molecule has 0 aliphatic heterocycles. The molecule has 1 aliphatic rings. The van der Waals surface area contributed by atoms with E-state index in [0.29, 0.717) is 0 Å². The van der Waals surface area contributed by atoms with E-state index in [1.165, 1.54) is 22.3 Å². The Morgan fingerprint density at radius 2 is 2.17 bits per heavy atom. The van der Waals surface area contributed by atoms with Crippen molar-refractivity contribution < 1.29 is 4.79 Å². The molecule has 96 valence electrons. The molecule has 1 N–H and O–H groups in total. The first-order valence-electron chi connectivity index (χ1n) is 6.45. The van der Waals surface area contributed by atoms with E-state index in [2.05, 4.69) is 36.5 Å². The molecule has 1 atom stereocenters. The first-order valence-corrected chi connectivity index (χ1v) is 6.45. The molecule has 0 spiro atoms. The lowest BCUT2D eigenvalue weighted by atomic mass is 9.87. The molecule has 2 nitrogen and oxygen atoms in total. The van der Waals surface area contributed by atoms with Crippen LogP contribution < -0.4 is 5.32 Å². The van der Waals surface area contributed by atoms with Crippen LogP contribution in [0, 0.1) is 6.92 Å². The van der Waals surface area contributed by atoms with Gasteiger partial charge in [-0.3, -0.25) is 4.79 Å². The highest BCUT2D eigenvalue weighted by atomic mass is 16.1. The number of nitrogens with one attached hydrogen (secondary N) is 1. The second kappa shape index (κ2) is 4.69. The number of fused-ring (bicyclic) bond motifs is 1. The summed E-state index contributed by atoms with van der Waals surface area (Å²) >= 11 is 0. The summed E-state index contributed by atoms with van der Waals surface area (Å²) in [7, 11) is 1.85. The van der Waals surface area contributed by atoms with Crippen molar-refractivity contribution in [3.8, 4) is 0 Å². The molecule has 2 rings (SSSR count). The van der Waals surface area contributed by atoms with Gasteiger partial charge >= 0.3 is 0 Å². The molecular formula is C16H21NO. The summed E-state index contributed by atoms with van der Waals surface area (Å²) in [4.78, 5) is 11.8. The van der Waals surface area contributed by atoms with Crippen molar-refractivity contribution >= 4 is 11.4 Å². The number of hydrogen-bond acceptors (Lipinski definition) is 2. The van der Waals surface area contributed by atoms with Crippen molar-refractivity contribution in [1.82, 2.24) is 5.32 Å². The molecule has 0 saturated heterocycles. The molecule has 0 aromatic heterocycles. The smallest absolute Gasteiger partial charge is 0.149 e. The lowest BCUT2D eigenvalue weighted by molar-refractivity contribution is -0.122. The predicted octanol–water partition coefficient (Wildman–Crippen LogP) is 2.89. The lowest BCUT2D eigenvalue weighted by Gasteiger charge is -2.27. The van der Waals surface area contributed by atoms with Gasteiger partial charge in [-0.1, -0.05) is 29.8 Å². The number of rotatable bonds is 4. The third kappa shape index (κ3) is 2.25. The first kappa shape index (κ1) is 13.0. The van der Waals surface area contributed by atoms with Crippen LogP contribution >= 0.6 is 0 Å².